The van der Waals surface area contributed by atoms with Crippen molar-refractivity contribution in [3.63, 3.8) is 0 Å². The molecule has 0 saturated carbocycles. The van der Waals surface area contributed by atoms with Crippen LogP contribution in [0.5, 0.6) is 0 Å². The van der Waals surface area contributed by atoms with Crippen LogP contribution in [-0.4, -0.2) is 25.6 Å². The third-order valence-electron chi connectivity index (χ3n) is 2.05. The average molecular weight is 196 g/mol. The summed E-state index contributed by atoms with van der Waals surface area (Å²) >= 11 is 1.75. The van der Waals surface area contributed by atoms with Gasteiger partial charge in [-0.1, -0.05) is 6.08 Å². The molecule has 1 aliphatic rings. The van der Waals surface area contributed by atoms with Crippen molar-refractivity contribution in [2.24, 2.45) is 4.99 Å². The van der Waals surface area contributed by atoms with E-state index in [2.05, 4.69) is 36.5 Å². The van der Waals surface area contributed by atoms with Crippen molar-refractivity contribution in [1.29, 1.82) is 0 Å². The molecule has 0 unspecified atom stereocenters. The Balaban J connectivity index is 3.00. The van der Waals surface area contributed by atoms with Gasteiger partial charge in [0.15, 0.2) is 0 Å². The Kier molecular flexibility index (Phi) is 4.09. The van der Waals surface area contributed by atoms with Gasteiger partial charge in [0.1, 0.15) is 0 Å². The van der Waals surface area contributed by atoms with E-state index >= 15 is 0 Å². The van der Waals surface area contributed by atoms with Gasteiger partial charge in [-0.3, -0.25) is 4.99 Å². The lowest BCUT2D eigenvalue weighted by Crippen LogP contribution is -2.20. The Hall–Kier alpha value is -0.700. The highest BCUT2D eigenvalue weighted by atomic mass is 32.2. The maximum absolute atomic E-state index is 4.31. The van der Waals surface area contributed by atoms with E-state index in [9.17, 15) is 0 Å². The Morgan fingerprint density at radius 1 is 1.62 bits per heavy atom. The largest absolute Gasteiger partial charge is 0.383 e. The number of hydrogen-bond donors (Lipinski definition) is 1. The summed E-state index contributed by atoms with van der Waals surface area (Å²) < 4.78 is 0. The average Bonchev–Trinajstić information content (AvgIpc) is 2.13. The molecule has 2 nitrogen and oxygen atoms in total. The lowest BCUT2D eigenvalue weighted by Gasteiger charge is -2.15. The zero-order valence-electron chi connectivity index (χ0n) is 8.42. The van der Waals surface area contributed by atoms with Gasteiger partial charge in [-0.15, -0.1) is 11.8 Å². The molecule has 3 heteroatoms. The fourth-order valence-electron chi connectivity index (χ4n) is 1.29. The third-order valence-corrected chi connectivity index (χ3v) is 2.90. The first-order valence-electron chi connectivity index (χ1n) is 4.45. The lowest BCUT2D eigenvalue weighted by molar-refractivity contribution is 0.800. The summed E-state index contributed by atoms with van der Waals surface area (Å²) in [6.07, 6.45) is 6.18. The van der Waals surface area contributed by atoms with Crippen molar-refractivity contribution in [2.45, 2.75) is 13.8 Å². The summed E-state index contributed by atoms with van der Waals surface area (Å²) in [5, 5.41) is 3.36. The first kappa shape index (κ1) is 10.4. The van der Waals surface area contributed by atoms with Crippen LogP contribution in [0.15, 0.2) is 27.2 Å². The van der Waals surface area contributed by atoms with Gasteiger partial charge >= 0.3 is 0 Å². The SMILES string of the molecule is CC=C1NCCN=CC(SC)=C1C. The van der Waals surface area contributed by atoms with Gasteiger partial charge in [-0.25, -0.2) is 0 Å². The molecule has 0 atom stereocenters. The highest BCUT2D eigenvalue weighted by Gasteiger charge is 2.05. The van der Waals surface area contributed by atoms with Crippen LogP contribution in [0.2, 0.25) is 0 Å². The first-order valence-corrected chi connectivity index (χ1v) is 5.67. The van der Waals surface area contributed by atoms with Crippen LogP contribution in [0.3, 0.4) is 0 Å². The van der Waals surface area contributed by atoms with Crippen molar-refractivity contribution in [2.75, 3.05) is 19.3 Å². The molecular weight excluding hydrogens is 180 g/mol. The molecule has 0 radical (unpaired) electrons. The molecule has 13 heavy (non-hydrogen) atoms. The molecule has 0 spiro atoms. The molecule has 0 aromatic heterocycles. The lowest BCUT2D eigenvalue weighted by atomic mass is 10.2. The summed E-state index contributed by atoms with van der Waals surface area (Å²) in [7, 11) is 0. The van der Waals surface area contributed by atoms with Gasteiger partial charge in [0, 0.05) is 23.4 Å². The quantitative estimate of drug-likeness (QED) is 0.695. The Labute approximate surface area is 84.2 Å². The van der Waals surface area contributed by atoms with Gasteiger partial charge < -0.3 is 5.32 Å². The number of aliphatic imine (C=N–C) groups is 1. The molecule has 0 bridgehead atoms. The smallest absolute Gasteiger partial charge is 0.0562 e. The number of thioether (sulfide) groups is 1. The van der Waals surface area contributed by atoms with Crippen LogP contribution < -0.4 is 5.32 Å². The predicted octanol–water partition coefficient (Wildman–Crippen LogP) is 2.20. The topological polar surface area (TPSA) is 24.4 Å². The summed E-state index contributed by atoms with van der Waals surface area (Å²) in [4.78, 5) is 5.56. The molecule has 0 aromatic rings. The summed E-state index contributed by atoms with van der Waals surface area (Å²) in [6, 6.07) is 0. The van der Waals surface area contributed by atoms with E-state index in [0.29, 0.717) is 0 Å². The molecule has 0 amide bonds. The molecule has 0 aliphatic carbocycles. The monoisotopic (exact) mass is 196 g/mol. The van der Waals surface area contributed by atoms with Gasteiger partial charge in [-0.05, 0) is 25.7 Å². The second-order valence-electron chi connectivity index (χ2n) is 2.86. The number of allylic oxidation sites excluding steroid dienone is 3. The number of rotatable bonds is 1. The summed E-state index contributed by atoms with van der Waals surface area (Å²) in [5.41, 5.74) is 2.52. The number of nitrogens with one attached hydrogen (secondary N) is 1. The molecule has 1 N–H and O–H groups in total. The molecule has 1 rings (SSSR count). The minimum absolute atomic E-state index is 0.856. The Morgan fingerprint density at radius 3 is 3.00 bits per heavy atom. The van der Waals surface area contributed by atoms with E-state index < -0.39 is 0 Å². The molecule has 1 aliphatic heterocycles. The Morgan fingerprint density at radius 2 is 2.38 bits per heavy atom. The Bertz CT molecular complexity index is 264. The van der Waals surface area contributed by atoms with Crippen molar-refractivity contribution in [3.05, 3.63) is 22.3 Å². The van der Waals surface area contributed by atoms with Gasteiger partial charge in [0.25, 0.3) is 0 Å². The van der Waals surface area contributed by atoms with Crippen molar-refractivity contribution in [1.82, 2.24) is 5.32 Å². The van der Waals surface area contributed by atoms with Crippen molar-refractivity contribution >= 4 is 18.0 Å². The fourth-order valence-corrected chi connectivity index (χ4v) is 1.89. The minimum atomic E-state index is 0.856. The van der Waals surface area contributed by atoms with Crippen LogP contribution in [0.25, 0.3) is 0 Å². The fraction of sp³-hybridized carbons (Fsp3) is 0.500. The van der Waals surface area contributed by atoms with E-state index in [1.165, 1.54) is 16.2 Å². The molecule has 0 aromatic carbocycles. The molecular formula is C10H16N2S. The zero-order chi connectivity index (χ0) is 9.68. The highest BCUT2D eigenvalue weighted by molar-refractivity contribution is 8.03. The molecule has 1 heterocycles. The normalized spacial score (nSPS) is 21.3. The van der Waals surface area contributed by atoms with E-state index in [1.807, 2.05) is 6.21 Å². The second-order valence-corrected chi connectivity index (χ2v) is 3.71. The first-order chi connectivity index (χ1) is 6.29. The summed E-state index contributed by atoms with van der Waals surface area (Å²) in [6.45, 7) is 5.97. The number of nitrogens with zero attached hydrogens (tertiary/aromatic N) is 1. The zero-order valence-corrected chi connectivity index (χ0v) is 9.24. The standard InChI is InChI=1S/C10H16N2S/c1-4-9-8(2)10(13-3)7-11-5-6-12-9/h4,7,12H,5-6H2,1-3H3. The molecule has 0 saturated heterocycles. The predicted molar refractivity (Wildman–Crippen MR) is 61.3 cm³/mol. The maximum atomic E-state index is 4.31. The highest BCUT2D eigenvalue weighted by Crippen LogP contribution is 2.20. The second kappa shape index (κ2) is 5.12. The van der Waals surface area contributed by atoms with Crippen LogP contribution in [0.4, 0.5) is 0 Å². The van der Waals surface area contributed by atoms with Crippen LogP contribution in [-0.2, 0) is 0 Å². The van der Waals surface area contributed by atoms with Crippen LogP contribution in [0, 0.1) is 0 Å². The molecule has 0 fully saturated rings. The van der Waals surface area contributed by atoms with Crippen LogP contribution >= 0.6 is 11.8 Å². The van der Waals surface area contributed by atoms with E-state index in [1.54, 1.807) is 11.8 Å². The van der Waals surface area contributed by atoms with E-state index in [4.69, 9.17) is 0 Å². The third kappa shape index (κ3) is 2.62. The summed E-state index contributed by atoms with van der Waals surface area (Å²) in [5.74, 6) is 0. The van der Waals surface area contributed by atoms with Crippen LogP contribution in [0.1, 0.15) is 13.8 Å². The van der Waals surface area contributed by atoms with Gasteiger partial charge in [0.2, 0.25) is 0 Å². The number of hydrogen-bond acceptors (Lipinski definition) is 3. The van der Waals surface area contributed by atoms with Gasteiger partial charge in [0.05, 0.1) is 6.54 Å². The maximum Gasteiger partial charge on any atom is 0.0562 e. The van der Waals surface area contributed by atoms with Gasteiger partial charge in [-0.2, -0.15) is 0 Å². The van der Waals surface area contributed by atoms with E-state index in [-0.39, 0.29) is 0 Å². The molecule has 72 valence electrons. The van der Waals surface area contributed by atoms with E-state index in [0.717, 1.165) is 13.1 Å². The van der Waals surface area contributed by atoms with Crippen molar-refractivity contribution < 1.29 is 0 Å². The minimum Gasteiger partial charge on any atom is -0.383 e. The van der Waals surface area contributed by atoms with Crippen molar-refractivity contribution in [3.8, 4) is 0 Å².